The molecular weight excluding hydrogens is 357 g/mol. The van der Waals surface area contributed by atoms with Crippen LogP contribution in [0.5, 0.6) is 0 Å². The van der Waals surface area contributed by atoms with Gasteiger partial charge in [0.25, 0.3) is 0 Å². The fourth-order valence-electron chi connectivity index (χ4n) is 3.25. The van der Waals surface area contributed by atoms with Crippen LogP contribution in [0.4, 0.5) is 0 Å². The lowest BCUT2D eigenvalue weighted by molar-refractivity contribution is -0.132. The highest BCUT2D eigenvalue weighted by Crippen LogP contribution is 2.33. The van der Waals surface area contributed by atoms with Crippen molar-refractivity contribution in [1.82, 2.24) is 15.6 Å². The zero-order valence-electron chi connectivity index (χ0n) is 14.1. The van der Waals surface area contributed by atoms with Gasteiger partial charge in [0.15, 0.2) is 0 Å². The highest BCUT2D eigenvalue weighted by molar-refractivity contribution is 5.85. The first-order valence-corrected chi connectivity index (χ1v) is 8.20. The Balaban J connectivity index is 0.00000156. The summed E-state index contributed by atoms with van der Waals surface area (Å²) in [6.07, 6.45) is 6.09. The molecule has 0 radical (unpaired) electrons. The third-order valence-corrected chi connectivity index (χ3v) is 4.60. The number of carbonyl (C=O) groups is 1. The number of hydrogen-bond donors (Lipinski definition) is 2. The van der Waals surface area contributed by atoms with Gasteiger partial charge in [0.05, 0.1) is 5.41 Å². The third kappa shape index (κ3) is 5.70. The van der Waals surface area contributed by atoms with E-state index in [4.69, 9.17) is 0 Å². The third-order valence-electron chi connectivity index (χ3n) is 4.60. The molecule has 0 aliphatic carbocycles. The predicted octanol–water partition coefficient (Wildman–Crippen LogP) is 3.15. The molecule has 0 spiro atoms. The maximum Gasteiger partial charge on any atom is 0.226 e. The van der Waals surface area contributed by atoms with Crippen molar-refractivity contribution in [2.75, 3.05) is 13.1 Å². The number of piperidine rings is 1. The van der Waals surface area contributed by atoms with E-state index in [1.165, 1.54) is 5.56 Å². The molecule has 2 N–H and O–H groups in total. The van der Waals surface area contributed by atoms with Gasteiger partial charge in [0.1, 0.15) is 0 Å². The summed E-state index contributed by atoms with van der Waals surface area (Å²) >= 11 is 0. The molecule has 2 aromatic rings. The van der Waals surface area contributed by atoms with Crippen LogP contribution in [0.25, 0.3) is 0 Å². The van der Waals surface area contributed by atoms with Crippen LogP contribution in [-0.4, -0.2) is 24.0 Å². The highest BCUT2D eigenvalue weighted by atomic mass is 35.5. The van der Waals surface area contributed by atoms with Gasteiger partial charge in [0, 0.05) is 18.9 Å². The molecule has 136 valence electrons. The quantitative estimate of drug-likeness (QED) is 0.836. The Labute approximate surface area is 161 Å². The lowest BCUT2D eigenvalue weighted by Crippen LogP contribution is -2.48. The topological polar surface area (TPSA) is 54.0 Å². The average Bonchev–Trinajstić information content (AvgIpc) is 2.62. The summed E-state index contributed by atoms with van der Waals surface area (Å²) in [5.41, 5.74) is 1.95. The van der Waals surface area contributed by atoms with Gasteiger partial charge in [-0.05, 0) is 49.5 Å². The molecule has 2 heterocycles. The summed E-state index contributed by atoms with van der Waals surface area (Å²) in [4.78, 5) is 17.0. The molecule has 0 saturated carbocycles. The van der Waals surface area contributed by atoms with Crippen LogP contribution in [0.1, 0.15) is 24.0 Å². The summed E-state index contributed by atoms with van der Waals surface area (Å²) in [5, 5.41) is 6.49. The Morgan fingerprint density at radius 3 is 2.36 bits per heavy atom. The Morgan fingerprint density at radius 2 is 1.72 bits per heavy atom. The second-order valence-electron chi connectivity index (χ2n) is 6.24. The minimum absolute atomic E-state index is 0. The zero-order valence-corrected chi connectivity index (χ0v) is 15.7. The van der Waals surface area contributed by atoms with Crippen LogP contribution >= 0.6 is 24.8 Å². The molecule has 25 heavy (non-hydrogen) atoms. The van der Waals surface area contributed by atoms with Crippen LogP contribution in [0.2, 0.25) is 0 Å². The van der Waals surface area contributed by atoms with Gasteiger partial charge in [0.2, 0.25) is 5.91 Å². The van der Waals surface area contributed by atoms with E-state index in [0.29, 0.717) is 6.54 Å². The molecule has 1 fully saturated rings. The van der Waals surface area contributed by atoms with Gasteiger partial charge in [-0.1, -0.05) is 36.4 Å². The normalized spacial score (nSPS) is 15.4. The van der Waals surface area contributed by atoms with E-state index in [0.717, 1.165) is 37.9 Å². The first-order chi connectivity index (χ1) is 11.3. The highest BCUT2D eigenvalue weighted by Gasteiger charge is 2.39. The fourth-order valence-corrected chi connectivity index (χ4v) is 3.25. The lowest BCUT2D eigenvalue weighted by Gasteiger charge is -2.36. The molecule has 1 saturated heterocycles. The first kappa shape index (κ1) is 21.4. The first-order valence-electron chi connectivity index (χ1n) is 8.20. The summed E-state index contributed by atoms with van der Waals surface area (Å²) in [7, 11) is 0. The predicted molar refractivity (Wildman–Crippen MR) is 105 cm³/mol. The molecule has 1 aromatic carbocycles. The maximum atomic E-state index is 12.9. The van der Waals surface area contributed by atoms with Crippen LogP contribution in [-0.2, 0) is 17.8 Å². The average molecular weight is 382 g/mol. The molecular formula is C19H25Cl2N3O. The second-order valence-corrected chi connectivity index (χ2v) is 6.24. The van der Waals surface area contributed by atoms with Crippen LogP contribution in [0, 0.1) is 5.41 Å². The van der Waals surface area contributed by atoms with E-state index in [9.17, 15) is 4.79 Å². The van der Waals surface area contributed by atoms with E-state index in [1.807, 2.05) is 30.3 Å². The van der Waals surface area contributed by atoms with Crippen molar-refractivity contribution >= 4 is 30.7 Å². The molecule has 6 heteroatoms. The van der Waals surface area contributed by atoms with Gasteiger partial charge in [-0.15, -0.1) is 24.8 Å². The molecule has 1 aliphatic heterocycles. The lowest BCUT2D eigenvalue weighted by atomic mass is 9.73. The summed E-state index contributed by atoms with van der Waals surface area (Å²) in [6.45, 7) is 2.33. The van der Waals surface area contributed by atoms with Crippen molar-refractivity contribution in [3.8, 4) is 0 Å². The number of pyridine rings is 1. The number of nitrogens with zero attached hydrogens (tertiary/aromatic N) is 1. The Morgan fingerprint density at radius 1 is 1.04 bits per heavy atom. The van der Waals surface area contributed by atoms with Gasteiger partial charge < -0.3 is 10.6 Å². The van der Waals surface area contributed by atoms with E-state index in [2.05, 4.69) is 27.8 Å². The maximum absolute atomic E-state index is 12.9. The van der Waals surface area contributed by atoms with E-state index < -0.39 is 0 Å². The van der Waals surface area contributed by atoms with Crippen LogP contribution < -0.4 is 10.6 Å². The van der Waals surface area contributed by atoms with Crippen molar-refractivity contribution in [1.29, 1.82) is 0 Å². The van der Waals surface area contributed by atoms with Crippen molar-refractivity contribution in [2.45, 2.75) is 25.8 Å². The number of benzene rings is 1. The van der Waals surface area contributed by atoms with Crippen molar-refractivity contribution in [3.63, 3.8) is 0 Å². The SMILES string of the molecule is Cl.Cl.O=C(NCc1cccnc1)C1(Cc2ccccc2)CCNCC1. The minimum atomic E-state index is -0.311. The Kier molecular flexibility index (Phi) is 8.90. The Hall–Kier alpha value is -1.62. The smallest absolute Gasteiger partial charge is 0.226 e. The largest absolute Gasteiger partial charge is 0.351 e. The molecule has 1 aliphatic rings. The van der Waals surface area contributed by atoms with Gasteiger partial charge >= 0.3 is 0 Å². The van der Waals surface area contributed by atoms with E-state index >= 15 is 0 Å². The summed E-state index contributed by atoms with van der Waals surface area (Å²) < 4.78 is 0. The molecule has 1 aromatic heterocycles. The van der Waals surface area contributed by atoms with Gasteiger partial charge in [-0.2, -0.15) is 0 Å². The monoisotopic (exact) mass is 381 g/mol. The minimum Gasteiger partial charge on any atom is -0.351 e. The van der Waals surface area contributed by atoms with Crippen LogP contribution in [0.15, 0.2) is 54.9 Å². The summed E-state index contributed by atoms with van der Waals surface area (Å²) in [5.74, 6) is 0.159. The van der Waals surface area contributed by atoms with Gasteiger partial charge in [-0.3, -0.25) is 9.78 Å². The van der Waals surface area contributed by atoms with E-state index in [1.54, 1.807) is 12.4 Å². The number of aromatic nitrogens is 1. The van der Waals surface area contributed by atoms with Crippen molar-refractivity contribution in [2.24, 2.45) is 5.41 Å². The standard InChI is InChI=1S/C19H23N3O.2ClH/c23-18(22-15-17-7-4-10-21-14-17)19(8-11-20-12-9-19)13-16-5-2-1-3-6-16;;/h1-7,10,14,20H,8-9,11-13,15H2,(H,22,23);2*1H. The molecule has 3 rings (SSSR count). The number of amides is 1. The van der Waals surface area contributed by atoms with E-state index in [-0.39, 0.29) is 36.1 Å². The number of hydrogen-bond acceptors (Lipinski definition) is 3. The molecule has 0 bridgehead atoms. The van der Waals surface area contributed by atoms with Crippen molar-refractivity contribution < 1.29 is 4.79 Å². The number of nitrogens with one attached hydrogen (secondary N) is 2. The molecule has 1 amide bonds. The molecule has 0 unspecified atom stereocenters. The molecule has 4 nitrogen and oxygen atoms in total. The number of halogens is 2. The summed E-state index contributed by atoms with van der Waals surface area (Å²) in [6, 6.07) is 14.2. The van der Waals surface area contributed by atoms with Gasteiger partial charge in [-0.25, -0.2) is 0 Å². The second kappa shape index (κ2) is 10.4. The number of carbonyl (C=O) groups excluding carboxylic acids is 1. The molecule has 0 atom stereocenters. The fraction of sp³-hybridized carbons (Fsp3) is 0.368. The van der Waals surface area contributed by atoms with Crippen LogP contribution in [0.3, 0.4) is 0 Å². The number of rotatable bonds is 5. The van der Waals surface area contributed by atoms with Crippen molar-refractivity contribution in [3.05, 3.63) is 66.0 Å². The Bertz CT molecular complexity index is 632. The zero-order chi connectivity index (χ0) is 16.0.